The molecule has 0 bridgehead atoms. The van der Waals surface area contributed by atoms with Crippen molar-refractivity contribution >= 4 is 122 Å². The highest BCUT2D eigenvalue weighted by molar-refractivity contribution is 7.99. The first-order chi connectivity index (χ1) is 61.3. The number of aliphatic hydroxyl groups is 4. The molecule has 0 spiro atoms. The molecular formula is C89H115ClN22O10S4. The number of carbonyl (C=O) groups excluding carboxylic acids is 1. The Balaban J connectivity index is 0.000000131. The Bertz CT molecular complexity index is 5340. The second kappa shape index (κ2) is 47.0. The number of thioether (sulfide) groups is 4. The average Bonchev–Trinajstić information content (AvgIpc) is 1.64. The van der Waals surface area contributed by atoms with Crippen LogP contribution in [-0.2, 0) is 56.9 Å². The van der Waals surface area contributed by atoms with Crippen LogP contribution in [0.5, 0.6) is 11.8 Å². The number of methoxy groups -OCH3 is 2. The largest absolute Gasteiger partial charge is 0.479 e. The zero-order valence-electron chi connectivity index (χ0n) is 71.2. The molecule has 10 N–H and O–H groups in total. The lowest BCUT2D eigenvalue weighted by molar-refractivity contribution is -0.0416. The summed E-state index contributed by atoms with van der Waals surface area (Å²) in [5.41, 5.74) is 25.8. The number of hydrogen-bond donors (Lipinski definition) is 8. The van der Waals surface area contributed by atoms with Crippen molar-refractivity contribution in [3.8, 4) is 11.8 Å². The van der Waals surface area contributed by atoms with Gasteiger partial charge in [0.2, 0.25) is 11.8 Å². The van der Waals surface area contributed by atoms with Gasteiger partial charge in [-0.05, 0) is 80.0 Å². The van der Waals surface area contributed by atoms with Gasteiger partial charge >= 0.3 is 0 Å². The number of hydrogen-bond acceptors (Lipinski definition) is 32. The number of carbonyl (C=O) groups is 1. The molecule has 0 amide bonds. The third kappa shape index (κ3) is 24.4. The van der Waals surface area contributed by atoms with Crippen molar-refractivity contribution < 1.29 is 48.9 Å². The number of ether oxygens (including phenoxy) is 5. The molecule has 7 aliphatic rings. The van der Waals surface area contributed by atoms with Crippen LogP contribution in [0.25, 0.3) is 44.1 Å². The minimum absolute atomic E-state index is 0. The van der Waals surface area contributed by atoms with E-state index in [-0.39, 0.29) is 73.3 Å². The molecule has 37 heteroatoms. The molecule has 672 valence electrons. The van der Waals surface area contributed by atoms with Gasteiger partial charge in [0.05, 0.1) is 55.7 Å². The number of H-pyrrole nitrogens is 1. The van der Waals surface area contributed by atoms with E-state index in [0.717, 1.165) is 190 Å². The molecule has 0 saturated carbocycles. The summed E-state index contributed by atoms with van der Waals surface area (Å²) < 4.78 is 33.8. The van der Waals surface area contributed by atoms with Crippen LogP contribution in [0, 0.1) is 23.7 Å². The van der Waals surface area contributed by atoms with E-state index in [1.807, 2.05) is 80.7 Å². The van der Waals surface area contributed by atoms with Crippen LogP contribution in [0.15, 0.2) is 147 Å². The van der Waals surface area contributed by atoms with E-state index < -0.39 is 0 Å². The number of nitrogen functional groups attached to an aromatic ring is 2. The molecule has 0 aliphatic carbocycles. The van der Waals surface area contributed by atoms with Crippen molar-refractivity contribution in [1.29, 1.82) is 0 Å². The number of nitrogens with two attached hydrogens (primary N) is 2. The summed E-state index contributed by atoms with van der Waals surface area (Å²) in [6.45, 7) is 10.4. The maximum Gasteiger partial charge on any atom is 0.245 e. The molecule has 7 saturated heterocycles. The van der Waals surface area contributed by atoms with E-state index >= 15 is 0 Å². The highest BCUT2D eigenvalue weighted by atomic mass is 35.5. The highest BCUT2D eigenvalue weighted by Gasteiger charge is 2.38. The second-order valence-electron chi connectivity index (χ2n) is 32.5. The SMILES string of the molecule is COc1ncnc2c(C=O)n(C3CCCCO3)nc12.COc1ncnc2c(CN3C[C@H](CSCc4ccccc4)[C@H](O)C3)n(C3CCCCO3)nc12.Cl.Nc1ncnc2c(CN3C[C@H](CSCc4ccccc4)[C@H](O)C3)[nH]nc12.Nc1ncnc2c(CN3C[C@H](CSCc4ccccc4)[C@H](O)C3)n(C3CCCCO3)nc12.O[C@@H]1CNC[C@@H]1CSCc1ccccc1. The monoisotopic (exact) mass is 1810 g/mol. The minimum atomic E-state index is -0.328. The molecule has 15 heterocycles. The molecule has 7 aliphatic heterocycles. The topological polar surface area (TPSA) is 403 Å². The summed E-state index contributed by atoms with van der Waals surface area (Å²) in [6.07, 6.45) is 14.3. The Labute approximate surface area is 756 Å². The molecule has 8 aromatic heterocycles. The smallest absolute Gasteiger partial charge is 0.245 e. The maximum absolute atomic E-state index is 11.3. The van der Waals surface area contributed by atoms with Gasteiger partial charge in [-0.1, -0.05) is 121 Å². The number of aromatic amines is 1. The number of benzene rings is 4. The number of aldehydes is 1. The molecule has 0 radical (unpaired) electrons. The number of rotatable bonds is 28. The molecule has 7 fully saturated rings. The van der Waals surface area contributed by atoms with E-state index in [4.69, 9.17) is 45.3 Å². The van der Waals surface area contributed by atoms with E-state index in [9.17, 15) is 25.2 Å². The predicted octanol–water partition coefficient (Wildman–Crippen LogP) is 11.0. The minimum Gasteiger partial charge on any atom is -0.479 e. The maximum atomic E-state index is 11.3. The van der Waals surface area contributed by atoms with Crippen LogP contribution >= 0.6 is 59.5 Å². The lowest BCUT2D eigenvalue weighted by Gasteiger charge is -2.25. The Morgan fingerprint density at radius 1 is 0.421 bits per heavy atom. The molecule has 19 rings (SSSR count). The first-order valence-electron chi connectivity index (χ1n) is 43.1. The lowest BCUT2D eigenvalue weighted by Crippen LogP contribution is -2.26. The summed E-state index contributed by atoms with van der Waals surface area (Å²) >= 11 is 7.56. The number of β-amino-alcohol motifs (C(OH)–C–C–N with tert-alkyl or cyclic N) is 4. The molecular weight excluding hydrogens is 1700 g/mol. The molecule has 4 aromatic carbocycles. The van der Waals surface area contributed by atoms with Crippen molar-refractivity contribution in [3.63, 3.8) is 0 Å². The molecule has 3 unspecified atom stereocenters. The van der Waals surface area contributed by atoms with E-state index in [0.29, 0.717) is 108 Å². The average molecular weight is 1820 g/mol. The quantitative estimate of drug-likeness (QED) is 0.0211. The molecule has 12 aromatic rings. The van der Waals surface area contributed by atoms with Crippen LogP contribution in [0.4, 0.5) is 11.6 Å². The van der Waals surface area contributed by atoms with Crippen LogP contribution in [0.3, 0.4) is 0 Å². The van der Waals surface area contributed by atoms with Gasteiger partial charge in [-0.3, -0.25) is 24.6 Å². The Morgan fingerprint density at radius 3 is 1.21 bits per heavy atom. The van der Waals surface area contributed by atoms with Crippen LogP contribution in [-0.4, -0.2) is 255 Å². The van der Waals surface area contributed by atoms with Crippen molar-refractivity contribution in [3.05, 3.63) is 192 Å². The standard InChI is InChI=1S/C24H31N5O3S.C23H30N6O2S.C18H22N6OS.C12H14N4O3.C12H17NOS.ClH/c1-31-24-23-22(25-16-26-24)19(29(27-23)21-9-5-6-10-32-21)12-28-11-18(20(30)13-28)15-33-14-17-7-3-2-4-8-17;24-23-22-21(25-15-26-23)18(29(27-22)20-8-4-5-9-31-20)11-28-10-17(19(30)12-28)14-32-13-16-6-2-1-3-7-16;19-18-17-16(20-11-21-18)14(22-23-17)7-24-6-13(15(25)8-24)10-26-9-12-4-2-1-3-5-12;1-18-12-11-10(13-7-14-12)8(6-17)16(15-11)9-4-2-3-5-19-9;14-12-7-13-6-11(12)9-15-8-10-4-2-1-3-5-10;/h2-4,7-8,16,18,20-21,30H,5-6,9-15H2,1H3;1-3,6-7,15,17,19-20,30H,4-5,8-14H2,(H2,24,25,26);1-5,11,13,15,25H,6-10H2,(H,22,23)(H2,19,20,21);6-7,9H,2-5H2,1H3;1-5,11-14H,6-9H2;1H/t18-,20-,21?;17-,19-,20?;13-,15-;;11-,12-;/m111.1./s1. The molecule has 11 atom stereocenters. The van der Waals surface area contributed by atoms with Gasteiger partial charge in [-0.2, -0.15) is 77.4 Å². The highest BCUT2D eigenvalue weighted by Crippen LogP contribution is 2.37. The summed E-state index contributed by atoms with van der Waals surface area (Å²) in [5.74, 6) is 10.6. The summed E-state index contributed by atoms with van der Waals surface area (Å²) in [5, 5.41) is 65.9. The lowest BCUT2D eigenvalue weighted by atomic mass is 10.1. The summed E-state index contributed by atoms with van der Waals surface area (Å²) in [4.78, 5) is 51.9. The summed E-state index contributed by atoms with van der Waals surface area (Å²) in [7, 11) is 3.12. The number of anilines is 2. The van der Waals surface area contributed by atoms with Gasteiger partial charge in [0.1, 0.15) is 53.1 Å². The fourth-order valence-electron chi connectivity index (χ4n) is 16.8. The number of halogens is 1. The number of nitrogens with one attached hydrogen (secondary N) is 2. The Hall–Kier alpha value is -8.80. The number of aliphatic hydroxyl groups excluding tert-OH is 4. The van der Waals surface area contributed by atoms with Gasteiger partial charge in [-0.15, -0.1) is 12.4 Å². The van der Waals surface area contributed by atoms with Crippen molar-refractivity contribution in [2.75, 3.05) is 121 Å². The van der Waals surface area contributed by atoms with Gasteiger partial charge in [0.25, 0.3) is 0 Å². The third-order valence-corrected chi connectivity index (χ3v) is 28.3. The van der Waals surface area contributed by atoms with E-state index in [1.165, 1.54) is 54.7 Å². The van der Waals surface area contributed by atoms with Crippen LogP contribution in [0.2, 0.25) is 0 Å². The van der Waals surface area contributed by atoms with Crippen LogP contribution < -0.4 is 26.3 Å². The first-order valence-corrected chi connectivity index (χ1v) is 47.8. The van der Waals surface area contributed by atoms with E-state index in [1.54, 1.807) is 11.8 Å². The van der Waals surface area contributed by atoms with E-state index in [2.05, 4.69) is 172 Å². The number of fused-ring (bicyclic) bond motifs is 4. The van der Waals surface area contributed by atoms with Crippen molar-refractivity contribution in [2.24, 2.45) is 23.7 Å². The van der Waals surface area contributed by atoms with Gasteiger partial charge < -0.3 is 60.9 Å². The number of likely N-dealkylation sites (tertiary alicyclic amines) is 3. The van der Waals surface area contributed by atoms with Crippen LogP contribution in [0.1, 0.15) is 126 Å². The van der Waals surface area contributed by atoms with Gasteiger partial charge in [0.15, 0.2) is 58.7 Å². The fraction of sp³-hybridized carbons (Fsp3) is 0.494. The Kier molecular flexibility index (Phi) is 34.8. The fourth-order valence-corrected chi connectivity index (χ4v) is 21.6. The summed E-state index contributed by atoms with van der Waals surface area (Å²) in [6, 6.07) is 41.9. The number of nitrogens with zero attached hydrogens (tertiary/aromatic N) is 18. The zero-order chi connectivity index (χ0) is 86.2. The van der Waals surface area contributed by atoms with Gasteiger partial charge in [0, 0.05) is 162 Å². The Morgan fingerprint density at radius 2 is 0.794 bits per heavy atom. The normalized spacial score (nSPS) is 22.7. The number of aromatic nitrogens is 16. The zero-order valence-corrected chi connectivity index (χ0v) is 75.3. The predicted molar refractivity (Wildman–Crippen MR) is 496 cm³/mol. The molecule has 32 nitrogen and oxygen atoms in total. The third-order valence-electron chi connectivity index (χ3n) is 23.5. The van der Waals surface area contributed by atoms with Crippen molar-refractivity contribution in [1.82, 2.24) is 99.4 Å². The van der Waals surface area contributed by atoms with Crippen molar-refractivity contribution in [2.45, 2.75) is 144 Å². The first kappa shape index (κ1) is 93.4. The second-order valence-corrected chi connectivity index (χ2v) is 36.6. The molecule has 126 heavy (non-hydrogen) atoms. The van der Waals surface area contributed by atoms with Gasteiger partial charge in [-0.25, -0.2) is 43.9 Å².